The summed E-state index contributed by atoms with van der Waals surface area (Å²) < 4.78 is 76.7. The minimum atomic E-state index is -5.16. The highest BCUT2D eigenvalue weighted by Crippen LogP contribution is 2.37. The lowest BCUT2D eigenvalue weighted by atomic mass is 10.2. The number of aliphatic hydroxyl groups is 1. The van der Waals surface area contributed by atoms with Gasteiger partial charge in [0.15, 0.2) is 5.69 Å². The van der Waals surface area contributed by atoms with Crippen LogP contribution >= 0.6 is 22.6 Å². The van der Waals surface area contributed by atoms with Crippen molar-refractivity contribution in [1.82, 2.24) is 4.98 Å². The normalized spacial score (nSPS) is 12.7. The Morgan fingerprint density at radius 1 is 1.22 bits per heavy atom. The van der Waals surface area contributed by atoms with E-state index in [1.54, 1.807) is 0 Å². The topological polar surface area (TPSA) is 42.4 Å². The Morgan fingerprint density at radius 2 is 1.78 bits per heavy atom. The van der Waals surface area contributed by atoms with Gasteiger partial charge in [-0.15, -0.1) is 13.2 Å². The summed E-state index contributed by atoms with van der Waals surface area (Å²) in [6, 6.07) is 0.662. The van der Waals surface area contributed by atoms with Crippen LogP contribution < -0.4 is 4.74 Å². The van der Waals surface area contributed by atoms with Crippen molar-refractivity contribution in [3.8, 4) is 5.75 Å². The van der Waals surface area contributed by atoms with Crippen LogP contribution in [0, 0.1) is 3.70 Å². The van der Waals surface area contributed by atoms with E-state index in [4.69, 9.17) is 5.11 Å². The number of halogens is 7. The maximum Gasteiger partial charge on any atom is 0.573 e. The van der Waals surface area contributed by atoms with Crippen molar-refractivity contribution in [1.29, 1.82) is 0 Å². The summed E-state index contributed by atoms with van der Waals surface area (Å²) in [7, 11) is 0. The van der Waals surface area contributed by atoms with Gasteiger partial charge in [-0.2, -0.15) is 13.2 Å². The van der Waals surface area contributed by atoms with E-state index in [2.05, 4.69) is 9.72 Å². The molecular weight excluding hydrogens is 383 g/mol. The van der Waals surface area contributed by atoms with E-state index in [-0.39, 0.29) is 3.70 Å². The van der Waals surface area contributed by atoms with Crippen LogP contribution in [0.3, 0.4) is 0 Å². The molecule has 0 amide bonds. The molecule has 0 aliphatic rings. The third-order valence-corrected chi connectivity index (χ3v) is 2.26. The van der Waals surface area contributed by atoms with E-state index in [0.717, 1.165) is 0 Å². The van der Waals surface area contributed by atoms with Crippen molar-refractivity contribution in [2.45, 2.75) is 19.1 Å². The van der Waals surface area contributed by atoms with Crippen molar-refractivity contribution >= 4 is 22.6 Å². The summed E-state index contributed by atoms with van der Waals surface area (Å²) in [6.45, 7) is -1.27. The first-order valence-electron chi connectivity index (χ1n) is 4.18. The van der Waals surface area contributed by atoms with Crippen molar-refractivity contribution < 1.29 is 36.2 Å². The summed E-state index contributed by atoms with van der Waals surface area (Å²) in [5.74, 6) is -1.11. The van der Waals surface area contributed by atoms with E-state index in [9.17, 15) is 26.3 Å². The first kappa shape index (κ1) is 15.3. The molecule has 0 saturated carbocycles. The predicted octanol–water partition coefficient (Wildman–Crippen LogP) is 3.10. The molecule has 0 spiro atoms. The molecule has 18 heavy (non-hydrogen) atoms. The van der Waals surface area contributed by atoms with Crippen molar-refractivity contribution in [2.75, 3.05) is 0 Å². The fraction of sp³-hybridized carbons (Fsp3) is 0.375. The van der Waals surface area contributed by atoms with Gasteiger partial charge >= 0.3 is 12.5 Å². The average molecular weight is 387 g/mol. The van der Waals surface area contributed by atoms with Crippen molar-refractivity contribution in [3.05, 3.63) is 21.0 Å². The SMILES string of the molecule is OCc1c(OC(F)(F)F)cc(I)nc1C(F)(F)F. The second-order valence-corrected chi connectivity index (χ2v) is 4.08. The van der Waals surface area contributed by atoms with Gasteiger partial charge in [0.05, 0.1) is 12.2 Å². The minimum absolute atomic E-state index is 0.337. The van der Waals surface area contributed by atoms with Gasteiger partial charge in [0.2, 0.25) is 0 Å². The lowest BCUT2D eigenvalue weighted by Crippen LogP contribution is -2.21. The molecule has 0 saturated heterocycles. The number of ether oxygens (including phenoxy) is 1. The Hall–Kier alpha value is -0.780. The molecule has 3 nitrogen and oxygen atoms in total. The van der Waals surface area contributed by atoms with Crippen LogP contribution in [0.4, 0.5) is 26.3 Å². The molecule has 1 heterocycles. The number of pyridine rings is 1. The molecule has 1 aromatic heterocycles. The molecule has 0 radical (unpaired) electrons. The van der Waals surface area contributed by atoms with Crippen molar-refractivity contribution in [3.63, 3.8) is 0 Å². The number of aromatic nitrogens is 1. The van der Waals surface area contributed by atoms with E-state index in [1.165, 1.54) is 22.6 Å². The molecule has 0 unspecified atom stereocenters. The van der Waals surface area contributed by atoms with Gasteiger partial charge in [0, 0.05) is 6.07 Å². The predicted molar refractivity (Wildman–Crippen MR) is 54.6 cm³/mol. The monoisotopic (exact) mass is 387 g/mol. The Bertz CT molecular complexity index is 444. The van der Waals surface area contributed by atoms with Gasteiger partial charge in [0.1, 0.15) is 9.45 Å². The minimum Gasteiger partial charge on any atom is -0.405 e. The van der Waals surface area contributed by atoms with E-state index < -0.39 is 36.2 Å². The largest absolute Gasteiger partial charge is 0.573 e. The highest BCUT2D eigenvalue weighted by molar-refractivity contribution is 14.1. The van der Waals surface area contributed by atoms with E-state index in [1.807, 2.05) is 0 Å². The second kappa shape index (κ2) is 5.07. The highest BCUT2D eigenvalue weighted by Gasteiger charge is 2.39. The first-order valence-corrected chi connectivity index (χ1v) is 5.25. The Balaban J connectivity index is 3.39. The van der Waals surface area contributed by atoms with Crippen LogP contribution in [0.2, 0.25) is 0 Å². The van der Waals surface area contributed by atoms with E-state index >= 15 is 0 Å². The zero-order valence-corrected chi connectivity index (χ0v) is 10.4. The molecule has 0 atom stereocenters. The number of nitrogens with zero attached hydrogens (tertiary/aromatic N) is 1. The lowest BCUT2D eigenvalue weighted by Gasteiger charge is -2.16. The quantitative estimate of drug-likeness (QED) is 0.482. The van der Waals surface area contributed by atoms with Gasteiger partial charge in [-0.1, -0.05) is 0 Å². The molecule has 1 aromatic rings. The van der Waals surface area contributed by atoms with Crippen LogP contribution in [0.25, 0.3) is 0 Å². The molecule has 0 fully saturated rings. The van der Waals surface area contributed by atoms with Gasteiger partial charge < -0.3 is 9.84 Å². The molecule has 0 aromatic carbocycles. The van der Waals surface area contributed by atoms with Crippen molar-refractivity contribution in [2.24, 2.45) is 0 Å². The average Bonchev–Trinajstić information content (AvgIpc) is 2.12. The summed E-state index contributed by atoms with van der Waals surface area (Å²) in [5.41, 5.74) is -2.66. The zero-order valence-electron chi connectivity index (χ0n) is 8.23. The Morgan fingerprint density at radius 3 is 2.17 bits per heavy atom. The Kier molecular flexibility index (Phi) is 4.30. The summed E-state index contributed by atoms with van der Waals surface area (Å²) in [5, 5.41) is 8.76. The first-order chi connectivity index (χ1) is 8.04. The summed E-state index contributed by atoms with van der Waals surface area (Å²) in [6.07, 6.45) is -10.1. The standard InChI is InChI=1S/C8H4F6INO2/c9-7(10,11)6-3(2-17)4(1-5(15)16-6)18-8(12,13)14/h1,17H,2H2. The zero-order chi connectivity index (χ0) is 14.1. The number of rotatable bonds is 2. The second-order valence-electron chi connectivity index (χ2n) is 2.97. The van der Waals surface area contributed by atoms with Gasteiger partial charge in [-0.3, -0.25) is 0 Å². The molecule has 10 heteroatoms. The molecule has 1 N–H and O–H groups in total. The Labute approximate surface area is 110 Å². The number of hydrogen-bond acceptors (Lipinski definition) is 3. The van der Waals surface area contributed by atoms with Crippen LogP contribution in [-0.4, -0.2) is 16.5 Å². The third-order valence-electron chi connectivity index (χ3n) is 1.70. The number of hydrogen-bond donors (Lipinski definition) is 1. The van der Waals surface area contributed by atoms with Crippen LogP contribution in [-0.2, 0) is 12.8 Å². The fourth-order valence-corrected chi connectivity index (χ4v) is 1.65. The lowest BCUT2D eigenvalue weighted by molar-refractivity contribution is -0.275. The smallest absolute Gasteiger partial charge is 0.405 e. The molecule has 1 rings (SSSR count). The van der Waals surface area contributed by atoms with Crippen LogP contribution in [0.5, 0.6) is 5.75 Å². The molecule has 0 aliphatic heterocycles. The van der Waals surface area contributed by atoms with Crippen LogP contribution in [0.15, 0.2) is 6.07 Å². The van der Waals surface area contributed by atoms with Gasteiger partial charge in [-0.25, -0.2) is 4.98 Å². The maximum atomic E-state index is 12.5. The molecule has 0 aliphatic carbocycles. The van der Waals surface area contributed by atoms with Gasteiger partial charge in [0.25, 0.3) is 0 Å². The molecular formula is C8H4F6INO2. The molecule has 0 bridgehead atoms. The summed E-state index contributed by atoms with van der Waals surface area (Å²) in [4.78, 5) is 3.06. The summed E-state index contributed by atoms with van der Waals surface area (Å²) >= 11 is 1.32. The molecule has 102 valence electrons. The maximum absolute atomic E-state index is 12.5. The van der Waals surface area contributed by atoms with Crippen LogP contribution in [0.1, 0.15) is 11.3 Å². The van der Waals surface area contributed by atoms with Gasteiger partial charge in [-0.05, 0) is 22.6 Å². The fourth-order valence-electron chi connectivity index (χ4n) is 1.12. The number of aliphatic hydroxyl groups excluding tert-OH is 1. The number of alkyl halides is 6. The third kappa shape index (κ3) is 3.86. The highest BCUT2D eigenvalue weighted by atomic mass is 127. The van der Waals surface area contributed by atoms with E-state index in [0.29, 0.717) is 6.07 Å².